The lowest BCUT2D eigenvalue weighted by Crippen LogP contribution is -2.49. The number of nitriles is 4. The highest BCUT2D eigenvalue weighted by atomic mass is 16.5. The summed E-state index contributed by atoms with van der Waals surface area (Å²) in [5.41, 5.74) is 7.84. The molecule has 12 saturated heterocycles. The minimum atomic E-state index is -0.154. The van der Waals surface area contributed by atoms with Gasteiger partial charge in [0, 0.05) is 178 Å². The third-order valence-corrected chi connectivity index (χ3v) is 30.0. The van der Waals surface area contributed by atoms with Crippen LogP contribution in [0.25, 0.3) is 0 Å². The first-order chi connectivity index (χ1) is 68.1. The van der Waals surface area contributed by atoms with E-state index in [2.05, 4.69) is 124 Å². The van der Waals surface area contributed by atoms with Crippen molar-refractivity contribution < 1.29 is 38.1 Å². The van der Waals surface area contributed by atoms with Crippen LogP contribution in [-0.4, -0.2) is 308 Å². The molecule has 0 spiro atoms. The highest BCUT2D eigenvalue weighted by molar-refractivity contribution is 5.79. The Morgan fingerprint density at radius 3 is 0.686 bits per heavy atom. The van der Waals surface area contributed by atoms with Gasteiger partial charge >= 0.3 is 0 Å². The number of amides is 4. The monoisotopic (exact) mass is 1910 g/mol. The van der Waals surface area contributed by atoms with Crippen LogP contribution in [0.2, 0.25) is 0 Å². The van der Waals surface area contributed by atoms with Crippen LogP contribution in [0, 0.1) is 73.0 Å². The Hall–Kier alpha value is -13.8. The Morgan fingerprint density at radius 1 is 0.293 bits per heavy atom. The highest BCUT2D eigenvalue weighted by Crippen LogP contribution is 2.41. The largest absolute Gasteiger partial charge is 0.372 e. The van der Waals surface area contributed by atoms with E-state index in [1.54, 1.807) is 73.8 Å². The van der Waals surface area contributed by atoms with Gasteiger partial charge in [0.25, 0.3) is 22.2 Å². The number of aromatic nitrogens is 12. The molecule has 12 aliphatic heterocycles. The minimum Gasteiger partial charge on any atom is -0.372 e. The predicted molar refractivity (Wildman–Crippen MR) is 521 cm³/mol. The first-order valence-electron chi connectivity index (χ1n) is 49.5. The Morgan fingerprint density at radius 2 is 0.500 bits per heavy atom. The van der Waals surface area contributed by atoms with Crippen LogP contribution in [0.3, 0.4) is 0 Å². The third-order valence-electron chi connectivity index (χ3n) is 30.0. The molecule has 4 N–H and O–H groups in total. The molecule has 12 fully saturated rings. The molecule has 20 rings (SSSR count). The molecule has 8 aromatic rings. The van der Waals surface area contributed by atoms with Gasteiger partial charge in [-0.1, -0.05) is 0 Å². The Bertz CT molecular complexity index is 5340. The molecule has 0 aromatic carbocycles. The van der Waals surface area contributed by atoms with Crippen molar-refractivity contribution in [3.8, 4) is 24.3 Å². The molecule has 0 aliphatic carbocycles. The van der Waals surface area contributed by atoms with Gasteiger partial charge in [-0.2, -0.15) is 41.4 Å². The highest BCUT2D eigenvalue weighted by Gasteiger charge is 2.45. The van der Waals surface area contributed by atoms with E-state index in [1.165, 1.54) is 0 Å². The maximum absolute atomic E-state index is 13.0. The van der Waals surface area contributed by atoms with Crippen LogP contribution in [0.4, 0.5) is 46.0 Å². The SMILES string of the molecule is Cc1c(N2CCC[C@H]2[C@@H]2CC[C@@H](CC(=O)N3CCN(c4ccc(C#N)cn4)CC3)O2)cn[nH]c1=O.Cc1c(N2CCC[C@H]2[C@@H]2CC[C@H](CC(=O)N3CCN(c4ccc(C#N)cn4)CC3)O2)cn[nH]c1=O.Cc1c(N2CCC[C@H]2[C@H]2CC[C@@H](CC(=O)N3CCN(c4ccc(C#N)cn4)CC3)O2)cn[nH]c1=O.Cc1c(N2CCC[C@H]2[C@H]2CC[C@H](CC(=O)N3CCN(c4ccc(C#N)cn4)CC3)O2)cn[nH]c1=O. The fourth-order valence-electron chi connectivity index (χ4n) is 22.1. The molecule has 0 bridgehead atoms. The number of piperazine rings is 4. The Kier molecular flexibility index (Phi) is 31.7. The van der Waals surface area contributed by atoms with E-state index in [-0.39, 0.29) is 119 Å². The third kappa shape index (κ3) is 23.0. The van der Waals surface area contributed by atoms with Crippen molar-refractivity contribution in [1.29, 1.82) is 21.0 Å². The van der Waals surface area contributed by atoms with Crippen molar-refractivity contribution in [3.05, 3.63) is 184 Å². The smallest absolute Gasteiger partial charge is 0.269 e. The Labute approximate surface area is 812 Å². The van der Waals surface area contributed by atoms with E-state index < -0.39 is 0 Å². The van der Waals surface area contributed by atoms with Crippen LogP contribution in [0.1, 0.15) is 173 Å². The van der Waals surface area contributed by atoms with Crippen molar-refractivity contribution in [1.82, 2.24) is 80.3 Å². The van der Waals surface area contributed by atoms with Gasteiger partial charge in [-0.15, -0.1) is 0 Å². The lowest BCUT2D eigenvalue weighted by Gasteiger charge is -2.36. The van der Waals surface area contributed by atoms with E-state index in [9.17, 15) is 38.4 Å². The predicted octanol–water partition coefficient (Wildman–Crippen LogP) is 6.40. The molecule has 12 atom stereocenters. The number of anilines is 8. The molecule has 0 unspecified atom stereocenters. The van der Waals surface area contributed by atoms with Crippen molar-refractivity contribution in [3.63, 3.8) is 0 Å². The van der Waals surface area contributed by atoms with Crippen LogP contribution in [0.15, 0.2) is 117 Å². The number of hydrogen-bond acceptors (Lipinski definition) is 32. The summed E-state index contributed by atoms with van der Waals surface area (Å²) in [5.74, 6) is 3.91. The van der Waals surface area contributed by atoms with Crippen LogP contribution >= 0.6 is 0 Å². The van der Waals surface area contributed by atoms with Gasteiger partial charge in [0.05, 0.1) is 168 Å². The van der Waals surface area contributed by atoms with Gasteiger partial charge in [0.1, 0.15) is 47.5 Å². The first-order valence-corrected chi connectivity index (χ1v) is 49.5. The van der Waals surface area contributed by atoms with Crippen molar-refractivity contribution >= 4 is 69.6 Å². The minimum absolute atomic E-state index is 0.0632. The van der Waals surface area contributed by atoms with Crippen LogP contribution < -0.4 is 61.4 Å². The summed E-state index contributed by atoms with van der Waals surface area (Å²) in [6.07, 6.45) is 30.4. The summed E-state index contributed by atoms with van der Waals surface area (Å²) >= 11 is 0. The van der Waals surface area contributed by atoms with Crippen molar-refractivity contribution in [2.45, 2.75) is 229 Å². The molecule has 40 heteroatoms. The van der Waals surface area contributed by atoms with E-state index in [0.29, 0.717) is 123 Å². The molecular weight excluding hydrogens is 1790 g/mol. The number of aromatic amines is 4. The molecule has 736 valence electrons. The number of H-pyrrole nitrogens is 4. The van der Waals surface area contributed by atoms with Gasteiger partial charge in [-0.05, 0) is 179 Å². The normalized spacial score (nSPS) is 24.6. The summed E-state index contributed by atoms with van der Waals surface area (Å²) in [5, 5.41) is 61.8. The summed E-state index contributed by atoms with van der Waals surface area (Å²) < 4.78 is 25.6. The number of carbonyl (C=O) groups excluding carboxylic acids is 4. The Balaban J connectivity index is 0.000000129. The number of nitrogens with one attached hydrogen (secondary N) is 4. The summed E-state index contributed by atoms with van der Waals surface area (Å²) in [6.45, 7) is 21.9. The van der Waals surface area contributed by atoms with Gasteiger partial charge in [0.2, 0.25) is 23.6 Å². The number of pyridine rings is 4. The average Bonchev–Trinajstić information content (AvgIpc) is 1.71. The lowest BCUT2D eigenvalue weighted by atomic mass is 10.0. The number of rotatable bonds is 20. The molecule has 4 amide bonds. The second kappa shape index (κ2) is 45.4. The van der Waals surface area contributed by atoms with E-state index in [4.69, 9.17) is 40.0 Å². The topological polar surface area (TPSA) is 474 Å². The number of ether oxygens (including phenoxy) is 4. The average molecular weight is 1910 g/mol. The molecule has 0 saturated carbocycles. The fourth-order valence-corrected chi connectivity index (χ4v) is 22.1. The van der Waals surface area contributed by atoms with Crippen LogP contribution in [-0.2, 0) is 38.1 Å². The van der Waals surface area contributed by atoms with Crippen molar-refractivity contribution in [2.75, 3.05) is 170 Å². The standard InChI is InChI=1S/4C25H31N7O3/c4*1-17-21(16-28-29-25(17)34)32-8-2-3-20(32)22-6-5-19(35-22)13-24(33)31-11-9-30(10-12-31)23-7-4-18(14-26)15-27-23/h4*4,7,15-16,19-20,22H,2-3,5-6,8-13H2,1H3,(H,29,34)/t19-,20+,22+;19-,20+,22-;19-,20-,22+;19-,20-,22-/m1100/s1. The molecule has 20 heterocycles. The molecule has 40 nitrogen and oxygen atoms in total. The summed E-state index contributed by atoms with van der Waals surface area (Å²) in [7, 11) is 0. The van der Waals surface area contributed by atoms with E-state index in [1.807, 2.05) is 71.6 Å². The first kappa shape index (κ1) is 97.8. The van der Waals surface area contributed by atoms with Gasteiger partial charge in [0.15, 0.2) is 0 Å². The molecule has 8 aromatic heterocycles. The molecule has 0 radical (unpaired) electrons. The van der Waals surface area contributed by atoms with Gasteiger partial charge in [-0.25, -0.2) is 40.3 Å². The zero-order valence-electron chi connectivity index (χ0n) is 80.1. The summed E-state index contributed by atoms with van der Waals surface area (Å²) in [4.78, 5) is 143. The zero-order chi connectivity index (χ0) is 97.5. The molecule has 140 heavy (non-hydrogen) atoms. The zero-order valence-corrected chi connectivity index (χ0v) is 80.1. The second-order valence-corrected chi connectivity index (χ2v) is 38.3. The lowest BCUT2D eigenvalue weighted by molar-refractivity contribution is -0.135. The molecule has 12 aliphatic rings. The number of carbonyl (C=O) groups is 4. The maximum Gasteiger partial charge on any atom is 0.269 e. The van der Waals surface area contributed by atoms with Gasteiger partial charge < -0.3 is 77.7 Å². The van der Waals surface area contributed by atoms with Crippen molar-refractivity contribution in [2.24, 2.45) is 0 Å². The van der Waals surface area contributed by atoms with Crippen LogP contribution in [0.5, 0.6) is 0 Å². The number of nitrogens with zero attached hydrogens (tertiary/aromatic N) is 24. The quantitative estimate of drug-likeness (QED) is 0.0641. The number of hydrogen-bond donors (Lipinski definition) is 4. The second-order valence-electron chi connectivity index (χ2n) is 38.3. The van der Waals surface area contributed by atoms with Gasteiger partial charge in [-0.3, -0.25) is 38.4 Å². The maximum atomic E-state index is 13.0. The fraction of sp³-hybridized carbons (Fsp3) is 0.560. The van der Waals surface area contributed by atoms with E-state index >= 15 is 0 Å². The van der Waals surface area contributed by atoms with E-state index in [0.717, 1.165) is 227 Å². The molecular formula is C100H124N28O12. The summed E-state index contributed by atoms with van der Waals surface area (Å²) in [6, 6.07) is 23.7.